The number of aryl methyl sites for hydroxylation is 1. The maximum atomic E-state index is 9.19. The van der Waals surface area contributed by atoms with Crippen LogP contribution < -0.4 is 0 Å². The third kappa shape index (κ3) is 2.08. The van der Waals surface area contributed by atoms with Crippen LogP contribution in [-0.2, 0) is 6.42 Å². The third-order valence-corrected chi connectivity index (χ3v) is 3.50. The standard InChI is InChI=1S/C18H15NO/c1-2-6-15-16-11-14(13-7-4-3-5-8-13)9-10-17(16)20-18(15)12-19/h3-5,7-11H,2,6H2,1H3. The third-order valence-electron chi connectivity index (χ3n) is 3.50. The van der Waals surface area contributed by atoms with Gasteiger partial charge in [0, 0.05) is 10.9 Å². The fourth-order valence-corrected chi connectivity index (χ4v) is 2.55. The molecular weight excluding hydrogens is 246 g/mol. The smallest absolute Gasteiger partial charge is 0.207 e. The first-order chi connectivity index (χ1) is 9.83. The van der Waals surface area contributed by atoms with Gasteiger partial charge in [-0.3, -0.25) is 0 Å². The molecule has 3 rings (SSSR count). The molecular formula is C18H15NO. The highest BCUT2D eigenvalue weighted by Gasteiger charge is 2.13. The van der Waals surface area contributed by atoms with Crippen LogP contribution in [0, 0.1) is 11.3 Å². The van der Waals surface area contributed by atoms with Crippen molar-refractivity contribution < 1.29 is 4.42 Å². The number of hydrogen-bond acceptors (Lipinski definition) is 2. The lowest BCUT2D eigenvalue weighted by Gasteiger charge is -2.02. The van der Waals surface area contributed by atoms with Gasteiger partial charge in [-0.2, -0.15) is 5.26 Å². The summed E-state index contributed by atoms with van der Waals surface area (Å²) in [5.41, 5.74) is 4.16. The lowest BCUT2D eigenvalue weighted by atomic mass is 10.0. The topological polar surface area (TPSA) is 36.9 Å². The minimum atomic E-state index is 0.451. The average molecular weight is 261 g/mol. The zero-order valence-electron chi connectivity index (χ0n) is 11.4. The van der Waals surface area contributed by atoms with Crippen molar-refractivity contribution in [1.82, 2.24) is 0 Å². The first kappa shape index (κ1) is 12.5. The molecule has 0 saturated carbocycles. The predicted molar refractivity (Wildman–Crippen MR) is 80.4 cm³/mol. The van der Waals surface area contributed by atoms with Gasteiger partial charge in [-0.25, -0.2) is 0 Å². The molecule has 3 aromatic rings. The SMILES string of the molecule is CCCc1c(C#N)oc2ccc(-c3ccccc3)cc12. The highest BCUT2D eigenvalue weighted by molar-refractivity contribution is 5.88. The average Bonchev–Trinajstić information content (AvgIpc) is 2.86. The Kier molecular flexibility index (Phi) is 3.26. The molecule has 0 N–H and O–H groups in total. The van der Waals surface area contributed by atoms with E-state index in [0.29, 0.717) is 5.76 Å². The van der Waals surface area contributed by atoms with Crippen LogP contribution in [0.2, 0.25) is 0 Å². The second-order valence-corrected chi connectivity index (χ2v) is 4.85. The quantitative estimate of drug-likeness (QED) is 0.670. The van der Waals surface area contributed by atoms with Gasteiger partial charge in [0.2, 0.25) is 5.76 Å². The Morgan fingerprint density at radius 1 is 1.05 bits per heavy atom. The largest absolute Gasteiger partial charge is 0.445 e. The Labute approximate surface area is 118 Å². The molecule has 1 aromatic heterocycles. The Bertz CT molecular complexity index is 778. The van der Waals surface area contributed by atoms with Gasteiger partial charge in [-0.1, -0.05) is 49.7 Å². The molecule has 0 unspecified atom stereocenters. The van der Waals surface area contributed by atoms with Gasteiger partial charge in [0.25, 0.3) is 0 Å². The van der Waals surface area contributed by atoms with Crippen LogP contribution in [0.1, 0.15) is 24.7 Å². The molecule has 0 amide bonds. The molecule has 0 aliphatic carbocycles. The van der Waals surface area contributed by atoms with Crippen LogP contribution in [0.25, 0.3) is 22.1 Å². The number of fused-ring (bicyclic) bond motifs is 1. The summed E-state index contributed by atoms with van der Waals surface area (Å²) >= 11 is 0. The summed E-state index contributed by atoms with van der Waals surface area (Å²) in [7, 11) is 0. The Morgan fingerprint density at radius 3 is 2.55 bits per heavy atom. The van der Waals surface area contributed by atoms with E-state index >= 15 is 0 Å². The van der Waals surface area contributed by atoms with E-state index in [1.54, 1.807) is 0 Å². The molecule has 1 heterocycles. The molecule has 0 radical (unpaired) electrons. The zero-order chi connectivity index (χ0) is 13.9. The molecule has 0 spiro atoms. The summed E-state index contributed by atoms with van der Waals surface area (Å²) in [4.78, 5) is 0. The van der Waals surface area contributed by atoms with E-state index in [1.807, 2.05) is 30.3 Å². The van der Waals surface area contributed by atoms with Gasteiger partial charge in [-0.15, -0.1) is 0 Å². The van der Waals surface area contributed by atoms with Crippen molar-refractivity contribution in [3.8, 4) is 17.2 Å². The molecule has 0 bridgehead atoms. The Hall–Kier alpha value is -2.53. The van der Waals surface area contributed by atoms with Crippen LogP contribution in [0.3, 0.4) is 0 Å². The van der Waals surface area contributed by atoms with Crippen molar-refractivity contribution in [3.63, 3.8) is 0 Å². The van der Waals surface area contributed by atoms with Crippen molar-refractivity contribution in [1.29, 1.82) is 5.26 Å². The minimum absolute atomic E-state index is 0.451. The van der Waals surface area contributed by atoms with Crippen LogP contribution >= 0.6 is 0 Å². The van der Waals surface area contributed by atoms with Crippen molar-refractivity contribution in [2.24, 2.45) is 0 Å². The second kappa shape index (κ2) is 5.22. The van der Waals surface area contributed by atoms with Crippen molar-refractivity contribution >= 4 is 11.0 Å². The molecule has 2 nitrogen and oxygen atoms in total. The molecule has 98 valence electrons. The van der Waals surface area contributed by atoms with Gasteiger partial charge in [-0.05, 0) is 29.7 Å². The predicted octanol–water partition coefficient (Wildman–Crippen LogP) is 4.92. The summed E-state index contributed by atoms with van der Waals surface area (Å²) in [5, 5.41) is 10.2. The molecule has 2 aromatic carbocycles. The first-order valence-electron chi connectivity index (χ1n) is 6.84. The normalized spacial score (nSPS) is 10.6. The van der Waals surface area contributed by atoms with Gasteiger partial charge in [0.1, 0.15) is 11.7 Å². The summed E-state index contributed by atoms with van der Waals surface area (Å²) in [5.74, 6) is 0.451. The molecule has 0 atom stereocenters. The maximum Gasteiger partial charge on any atom is 0.207 e. The summed E-state index contributed by atoms with van der Waals surface area (Å²) in [6.07, 6.45) is 1.87. The summed E-state index contributed by atoms with van der Waals surface area (Å²) in [6, 6.07) is 18.5. The monoisotopic (exact) mass is 261 g/mol. The zero-order valence-corrected chi connectivity index (χ0v) is 11.4. The molecule has 0 saturated heterocycles. The van der Waals surface area contributed by atoms with Gasteiger partial charge < -0.3 is 4.42 Å². The molecule has 20 heavy (non-hydrogen) atoms. The lowest BCUT2D eigenvalue weighted by Crippen LogP contribution is -1.85. The molecule has 0 aliphatic rings. The molecule has 0 fully saturated rings. The van der Waals surface area contributed by atoms with Crippen molar-refractivity contribution in [2.45, 2.75) is 19.8 Å². The number of hydrogen-bond donors (Lipinski definition) is 0. The minimum Gasteiger partial charge on any atom is -0.445 e. The summed E-state index contributed by atoms with van der Waals surface area (Å²) < 4.78 is 5.63. The first-order valence-corrected chi connectivity index (χ1v) is 6.84. The maximum absolute atomic E-state index is 9.19. The van der Waals surface area contributed by atoms with Crippen LogP contribution in [-0.4, -0.2) is 0 Å². The summed E-state index contributed by atoms with van der Waals surface area (Å²) in [6.45, 7) is 2.11. The van der Waals surface area contributed by atoms with Gasteiger partial charge in [0.15, 0.2) is 0 Å². The van der Waals surface area contributed by atoms with Crippen molar-refractivity contribution in [3.05, 3.63) is 59.9 Å². The van der Waals surface area contributed by atoms with Gasteiger partial charge in [0.05, 0.1) is 0 Å². The highest BCUT2D eigenvalue weighted by Crippen LogP contribution is 2.31. The fraction of sp³-hybridized carbons (Fsp3) is 0.167. The fourth-order valence-electron chi connectivity index (χ4n) is 2.55. The van der Waals surface area contributed by atoms with E-state index in [0.717, 1.165) is 34.9 Å². The highest BCUT2D eigenvalue weighted by atomic mass is 16.3. The van der Waals surface area contributed by atoms with E-state index in [9.17, 15) is 5.26 Å². The second-order valence-electron chi connectivity index (χ2n) is 4.85. The Balaban J connectivity index is 2.20. The van der Waals surface area contributed by atoms with Crippen LogP contribution in [0.5, 0.6) is 0 Å². The van der Waals surface area contributed by atoms with Crippen molar-refractivity contribution in [2.75, 3.05) is 0 Å². The van der Waals surface area contributed by atoms with Gasteiger partial charge >= 0.3 is 0 Å². The van der Waals surface area contributed by atoms with E-state index in [4.69, 9.17) is 4.42 Å². The van der Waals surface area contributed by atoms with Crippen LogP contribution in [0.15, 0.2) is 52.9 Å². The Morgan fingerprint density at radius 2 is 1.85 bits per heavy atom. The lowest BCUT2D eigenvalue weighted by molar-refractivity contribution is 0.592. The number of nitriles is 1. The van der Waals surface area contributed by atoms with Crippen LogP contribution in [0.4, 0.5) is 0 Å². The van der Waals surface area contributed by atoms with E-state index in [-0.39, 0.29) is 0 Å². The van der Waals surface area contributed by atoms with E-state index in [2.05, 4.69) is 31.2 Å². The molecule has 2 heteroatoms. The number of benzene rings is 2. The molecule has 0 aliphatic heterocycles. The number of rotatable bonds is 3. The van der Waals surface area contributed by atoms with E-state index < -0.39 is 0 Å². The number of furan rings is 1. The van der Waals surface area contributed by atoms with E-state index in [1.165, 1.54) is 5.56 Å². The number of nitrogens with zero attached hydrogens (tertiary/aromatic N) is 1.